The first-order valence-electron chi connectivity index (χ1n) is 10.0. The van der Waals surface area contributed by atoms with Crippen LogP contribution in [0.2, 0.25) is 0 Å². The second-order valence-corrected chi connectivity index (χ2v) is 8.17. The standard InChI is InChI=1S/C25H23BrO6/c1-28-20-11-16(9-10-19(20)31-14-15-7-5-4-6-8-15)23-22(25(27)30-3)18-12-17(26)13-21(29-2)24(18)32-23/h4-13,22-23H,14H2,1-3H3/t22-,23+/m0/s1. The predicted molar refractivity (Wildman–Crippen MR) is 123 cm³/mol. The van der Waals surface area contributed by atoms with Gasteiger partial charge in [0.25, 0.3) is 0 Å². The van der Waals surface area contributed by atoms with Gasteiger partial charge in [0.1, 0.15) is 18.6 Å². The highest BCUT2D eigenvalue weighted by molar-refractivity contribution is 9.10. The Balaban J connectivity index is 1.66. The molecule has 0 spiro atoms. The Morgan fingerprint density at radius 1 is 0.938 bits per heavy atom. The van der Waals surface area contributed by atoms with Gasteiger partial charge < -0.3 is 23.7 Å². The second kappa shape index (κ2) is 9.53. The molecule has 0 saturated carbocycles. The molecule has 7 heteroatoms. The van der Waals surface area contributed by atoms with Gasteiger partial charge in [-0.1, -0.05) is 52.3 Å². The number of hydrogen-bond acceptors (Lipinski definition) is 6. The van der Waals surface area contributed by atoms with Crippen LogP contribution in [0.25, 0.3) is 0 Å². The van der Waals surface area contributed by atoms with E-state index in [0.29, 0.717) is 35.2 Å². The maximum absolute atomic E-state index is 12.7. The highest BCUT2D eigenvalue weighted by atomic mass is 79.9. The number of hydrogen-bond donors (Lipinski definition) is 0. The van der Waals surface area contributed by atoms with Gasteiger partial charge in [0, 0.05) is 10.0 Å². The Morgan fingerprint density at radius 2 is 1.69 bits per heavy atom. The van der Waals surface area contributed by atoms with Crippen molar-refractivity contribution in [2.24, 2.45) is 0 Å². The SMILES string of the molecule is COC(=O)[C@H]1c2cc(Br)cc(OC)c2O[C@@H]1c1ccc(OCc2ccccc2)c(OC)c1. The molecule has 1 aliphatic heterocycles. The maximum atomic E-state index is 12.7. The van der Waals surface area contributed by atoms with E-state index in [1.165, 1.54) is 7.11 Å². The maximum Gasteiger partial charge on any atom is 0.317 e. The van der Waals surface area contributed by atoms with E-state index in [9.17, 15) is 4.79 Å². The van der Waals surface area contributed by atoms with Gasteiger partial charge >= 0.3 is 5.97 Å². The number of esters is 1. The Labute approximate surface area is 195 Å². The number of ether oxygens (including phenoxy) is 5. The molecular weight excluding hydrogens is 476 g/mol. The van der Waals surface area contributed by atoms with Crippen molar-refractivity contribution in [2.75, 3.05) is 21.3 Å². The van der Waals surface area contributed by atoms with Crippen molar-refractivity contribution in [3.63, 3.8) is 0 Å². The first-order chi connectivity index (χ1) is 15.5. The van der Waals surface area contributed by atoms with Gasteiger partial charge in [-0.05, 0) is 35.4 Å². The molecule has 0 aliphatic carbocycles. The van der Waals surface area contributed by atoms with Crippen LogP contribution in [-0.2, 0) is 16.1 Å². The van der Waals surface area contributed by atoms with Crippen molar-refractivity contribution >= 4 is 21.9 Å². The lowest BCUT2D eigenvalue weighted by atomic mass is 9.91. The van der Waals surface area contributed by atoms with Gasteiger partial charge in [-0.15, -0.1) is 0 Å². The molecular formula is C25H23BrO6. The van der Waals surface area contributed by atoms with Crippen LogP contribution in [0.1, 0.15) is 28.7 Å². The fourth-order valence-electron chi connectivity index (χ4n) is 3.81. The van der Waals surface area contributed by atoms with E-state index >= 15 is 0 Å². The largest absolute Gasteiger partial charge is 0.493 e. The summed E-state index contributed by atoms with van der Waals surface area (Å²) in [4.78, 5) is 12.7. The van der Waals surface area contributed by atoms with Gasteiger partial charge in [-0.2, -0.15) is 0 Å². The van der Waals surface area contributed by atoms with E-state index in [4.69, 9.17) is 23.7 Å². The van der Waals surface area contributed by atoms with E-state index in [0.717, 1.165) is 15.6 Å². The normalized spacial score (nSPS) is 16.6. The smallest absolute Gasteiger partial charge is 0.317 e. The van der Waals surface area contributed by atoms with Crippen molar-refractivity contribution in [1.29, 1.82) is 0 Å². The summed E-state index contributed by atoms with van der Waals surface area (Å²) >= 11 is 3.48. The van der Waals surface area contributed by atoms with Gasteiger partial charge in [-0.3, -0.25) is 4.79 Å². The van der Waals surface area contributed by atoms with Crippen LogP contribution in [-0.4, -0.2) is 27.3 Å². The zero-order valence-corrected chi connectivity index (χ0v) is 19.5. The molecule has 0 bridgehead atoms. The third-order valence-electron chi connectivity index (χ3n) is 5.36. The summed E-state index contributed by atoms with van der Waals surface area (Å²) in [6.07, 6.45) is -0.599. The zero-order valence-electron chi connectivity index (χ0n) is 18.0. The van der Waals surface area contributed by atoms with Crippen LogP contribution >= 0.6 is 15.9 Å². The Morgan fingerprint density at radius 3 is 2.38 bits per heavy atom. The topological polar surface area (TPSA) is 63.2 Å². The van der Waals surface area contributed by atoms with E-state index in [2.05, 4.69) is 15.9 Å². The molecule has 3 aromatic carbocycles. The van der Waals surface area contributed by atoms with E-state index in [1.807, 2.05) is 54.6 Å². The summed E-state index contributed by atoms with van der Waals surface area (Å²) in [5.74, 6) is 1.18. The molecule has 3 aromatic rings. The van der Waals surface area contributed by atoms with Gasteiger partial charge in [0.2, 0.25) is 0 Å². The molecule has 6 nitrogen and oxygen atoms in total. The summed E-state index contributed by atoms with van der Waals surface area (Å²) in [5.41, 5.74) is 2.52. The van der Waals surface area contributed by atoms with Crippen LogP contribution in [0.5, 0.6) is 23.0 Å². The third-order valence-corrected chi connectivity index (χ3v) is 5.82. The van der Waals surface area contributed by atoms with Crippen LogP contribution < -0.4 is 18.9 Å². The molecule has 32 heavy (non-hydrogen) atoms. The molecule has 0 N–H and O–H groups in total. The monoisotopic (exact) mass is 498 g/mol. The minimum Gasteiger partial charge on any atom is -0.493 e. The molecule has 0 amide bonds. The number of carbonyl (C=O) groups excluding carboxylic acids is 1. The van der Waals surface area contributed by atoms with E-state index in [1.54, 1.807) is 20.3 Å². The molecule has 1 aliphatic rings. The lowest BCUT2D eigenvalue weighted by molar-refractivity contribution is -0.144. The first-order valence-corrected chi connectivity index (χ1v) is 10.8. The van der Waals surface area contributed by atoms with Gasteiger partial charge in [-0.25, -0.2) is 0 Å². The van der Waals surface area contributed by atoms with Crippen molar-refractivity contribution in [2.45, 2.75) is 18.6 Å². The fraction of sp³-hybridized carbons (Fsp3) is 0.240. The van der Waals surface area contributed by atoms with Crippen LogP contribution in [0.4, 0.5) is 0 Å². The third kappa shape index (κ3) is 4.25. The summed E-state index contributed by atoms with van der Waals surface area (Å²) in [6.45, 7) is 0.415. The van der Waals surface area contributed by atoms with Crippen LogP contribution in [0, 0.1) is 0 Å². The van der Waals surface area contributed by atoms with Gasteiger partial charge in [0.05, 0.1) is 21.3 Å². The molecule has 4 rings (SSSR count). The quantitative estimate of drug-likeness (QED) is 0.404. The molecule has 1 heterocycles. The summed E-state index contributed by atoms with van der Waals surface area (Å²) in [5, 5.41) is 0. The van der Waals surface area contributed by atoms with Crippen molar-refractivity contribution in [3.05, 3.63) is 81.8 Å². The number of methoxy groups -OCH3 is 3. The Hall–Kier alpha value is -3.19. The van der Waals surface area contributed by atoms with Gasteiger partial charge in [0.15, 0.2) is 23.0 Å². The van der Waals surface area contributed by atoms with E-state index < -0.39 is 18.0 Å². The number of carbonyl (C=O) groups is 1. The Bertz CT molecular complexity index is 1110. The molecule has 0 aromatic heterocycles. The molecule has 166 valence electrons. The number of fused-ring (bicyclic) bond motifs is 1. The summed E-state index contributed by atoms with van der Waals surface area (Å²) in [7, 11) is 4.51. The fourth-order valence-corrected chi connectivity index (χ4v) is 4.26. The number of halogens is 1. The van der Waals surface area contributed by atoms with Crippen molar-refractivity contribution in [3.8, 4) is 23.0 Å². The molecule has 0 radical (unpaired) electrons. The highest BCUT2D eigenvalue weighted by Gasteiger charge is 2.43. The predicted octanol–water partition coefficient (Wildman–Crippen LogP) is 5.44. The summed E-state index contributed by atoms with van der Waals surface area (Å²) in [6, 6.07) is 19.1. The molecule has 0 fully saturated rings. The number of rotatable bonds is 7. The lowest BCUT2D eigenvalue weighted by Crippen LogP contribution is -2.20. The molecule has 0 unspecified atom stereocenters. The minimum atomic E-state index is -0.651. The first kappa shape index (κ1) is 22.0. The van der Waals surface area contributed by atoms with E-state index in [-0.39, 0.29) is 0 Å². The van der Waals surface area contributed by atoms with Crippen LogP contribution in [0.15, 0.2) is 65.1 Å². The average molecular weight is 499 g/mol. The van der Waals surface area contributed by atoms with Crippen molar-refractivity contribution < 1.29 is 28.5 Å². The zero-order chi connectivity index (χ0) is 22.7. The molecule has 2 atom stereocenters. The number of benzene rings is 3. The van der Waals surface area contributed by atoms with Crippen molar-refractivity contribution in [1.82, 2.24) is 0 Å². The lowest BCUT2D eigenvalue weighted by Gasteiger charge is -2.19. The minimum absolute atomic E-state index is 0.391. The molecule has 0 saturated heterocycles. The summed E-state index contributed by atoms with van der Waals surface area (Å²) < 4.78 is 29.1. The van der Waals surface area contributed by atoms with Crippen LogP contribution in [0.3, 0.4) is 0 Å². The highest BCUT2D eigenvalue weighted by Crippen LogP contribution is 2.52. The second-order valence-electron chi connectivity index (χ2n) is 7.25. The Kier molecular flexibility index (Phi) is 6.55. The average Bonchev–Trinajstić information content (AvgIpc) is 3.21.